The average Bonchev–Trinajstić information content (AvgIpc) is 2.72. The molecular weight excluding hydrogens is 453 g/mol. The summed E-state index contributed by atoms with van der Waals surface area (Å²) in [6.07, 6.45) is 9.57. The molecule has 2 aliphatic rings. The third-order valence-corrected chi connectivity index (χ3v) is 7.13. The van der Waals surface area contributed by atoms with Gasteiger partial charge in [0.15, 0.2) is 10.7 Å². The van der Waals surface area contributed by atoms with Gasteiger partial charge in [-0.2, -0.15) is 0 Å². The molecule has 0 unspecified atom stereocenters. The van der Waals surface area contributed by atoms with Gasteiger partial charge in [-0.1, -0.05) is 68.9 Å². The van der Waals surface area contributed by atoms with E-state index < -0.39 is 40.4 Å². The van der Waals surface area contributed by atoms with Crippen LogP contribution >= 0.6 is 23.2 Å². The average molecular weight is 488 g/mol. The van der Waals surface area contributed by atoms with E-state index >= 15 is 0 Å². The van der Waals surface area contributed by atoms with Crippen molar-refractivity contribution in [2.24, 2.45) is 5.92 Å². The van der Waals surface area contributed by atoms with Crippen molar-refractivity contribution >= 4 is 34.9 Å². The number of carbonyl (C=O) groups excluding carboxylic acids is 2. The van der Waals surface area contributed by atoms with Crippen LogP contribution in [-0.2, 0) is 14.3 Å². The first kappa shape index (κ1) is 27.1. The van der Waals surface area contributed by atoms with Gasteiger partial charge in [0.2, 0.25) is 5.91 Å². The van der Waals surface area contributed by atoms with E-state index in [9.17, 15) is 19.8 Å². The SMILES string of the molecule is CCCCCC[C@@H](C)/C=C(C)/C=C/C(=O)N[C@H]1C[C@@]2(O)C=C(Cl)C(=O)[C@@](Cl)([C@H]2OC)[C@H]1O. The van der Waals surface area contributed by atoms with Gasteiger partial charge in [0.1, 0.15) is 17.8 Å². The fourth-order valence-electron chi connectivity index (χ4n) is 4.66. The van der Waals surface area contributed by atoms with Crippen LogP contribution in [0.2, 0.25) is 0 Å². The van der Waals surface area contributed by atoms with Crippen LogP contribution in [0.5, 0.6) is 0 Å². The highest BCUT2D eigenvalue weighted by molar-refractivity contribution is 6.51. The molecule has 1 saturated carbocycles. The molecule has 2 bridgehead atoms. The number of Topliss-reactive ketones (excluding diaryl/α,β-unsaturated/α-hetero) is 1. The molecule has 0 aromatic carbocycles. The number of ketones is 1. The fourth-order valence-corrected chi connectivity index (χ4v) is 5.59. The molecule has 8 heteroatoms. The van der Waals surface area contributed by atoms with Gasteiger partial charge < -0.3 is 20.3 Å². The Morgan fingerprint density at radius 3 is 2.69 bits per heavy atom. The van der Waals surface area contributed by atoms with Gasteiger partial charge in [0, 0.05) is 19.6 Å². The summed E-state index contributed by atoms with van der Waals surface area (Å²) < 4.78 is 5.26. The molecule has 1 amide bonds. The number of amides is 1. The van der Waals surface area contributed by atoms with Crippen LogP contribution < -0.4 is 5.32 Å². The second kappa shape index (κ2) is 11.3. The van der Waals surface area contributed by atoms with E-state index in [1.54, 1.807) is 6.08 Å². The lowest BCUT2D eigenvalue weighted by Gasteiger charge is -2.53. The summed E-state index contributed by atoms with van der Waals surface area (Å²) >= 11 is 12.5. The Labute approximate surface area is 200 Å². The van der Waals surface area contributed by atoms with Crippen molar-refractivity contribution in [1.29, 1.82) is 0 Å². The van der Waals surface area contributed by atoms with E-state index in [1.165, 1.54) is 44.9 Å². The molecule has 0 aromatic rings. The highest BCUT2D eigenvalue weighted by Gasteiger charge is 2.67. The monoisotopic (exact) mass is 487 g/mol. The third kappa shape index (κ3) is 5.84. The number of methoxy groups -OCH3 is 1. The van der Waals surface area contributed by atoms with E-state index in [1.807, 2.05) is 6.92 Å². The molecule has 0 saturated heterocycles. The highest BCUT2D eigenvalue weighted by Crippen LogP contribution is 2.48. The zero-order valence-corrected chi connectivity index (χ0v) is 20.7. The quantitative estimate of drug-likeness (QED) is 0.188. The Balaban J connectivity index is 2.04. The molecule has 0 radical (unpaired) electrons. The van der Waals surface area contributed by atoms with E-state index in [0.717, 1.165) is 12.0 Å². The second-order valence-corrected chi connectivity index (χ2v) is 10.1. The number of aliphatic hydroxyl groups excluding tert-OH is 1. The van der Waals surface area contributed by atoms with E-state index in [2.05, 4.69) is 25.2 Å². The summed E-state index contributed by atoms with van der Waals surface area (Å²) in [4.78, 5) is 23.1. The fraction of sp³-hybridized carbons (Fsp3) is 0.667. The molecule has 1 fully saturated rings. The molecule has 2 aliphatic carbocycles. The Morgan fingerprint density at radius 1 is 1.38 bits per heavy atom. The van der Waals surface area contributed by atoms with Crippen molar-refractivity contribution in [3.05, 3.63) is 34.9 Å². The number of aliphatic hydroxyl groups is 2. The van der Waals surface area contributed by atoms with Crippen molar-refractivity contribution < 1.29 is 24.5 Å². The molecule has 0 aromatic heterocycles. The zero-order chi connectivity index (χ0) is 24.1. The lowest BCUT2D eigenvalue weighted by molar-refractivity contribution is -0.166. The Morgan fingerprint density at radius 2 is 2.06 bits per heavy atom. The van der Waals surface area contributed by atoms with Gasteiger partial charge in [0.25, 0.3) is 0 Å². The lowest BCUT2D eigenvalue weighted by Crippen LogP contribution is -2.74. The molecule has 0 spiro atoms. The normalized spacial score (nSPS) is 33.9. The van der Waals surface area contributed by atoms with Gasteiger partial charge in [-0.15, -0.1) is 11.6 Å². The van der Waals surface area contributed by atoms with Gasteiger partial charge in [-0.25, -0.2) is 0 Å². The van der Waals surface area contributed by atoms with Crippen LogP contribution in [0.1, 0.15) is 59.3 Å². The maximum absolute atomic E-state index is 12.6. The minimum atomic E-state index is -2.00. The summed E-state index contributed by atoms with van der Waals surface area (Å²) in [5.74, 6) is -0.790. The molecule has 0 heterocycles. The number of hydrogen-bond acceptors (Lipinski definition) is 5. The number of allylic oxidation sites excluding steroid dienone is 4. The topological polar surface area (TPSA) is 95.9 Å². The smallest absolute Gasteiger partial charge is 0.244 e. The summed E-state index contributed by atoms with van der Waals surface area (Å²) in [5.41, 5.74) is -0.744. The number of ether oxygens (including phenoxy) is 1. The van der Waals surface area contributed by atoms with Gasteiger partial charge in [-0.3, -0.25) is 9.59 Å². The molecule has 6 nitrogen and oxygen atoms in total. The Bertz CT molecular complexity index is 795. The molecule has 32 heavy (non-hydrogen) atoms. The van der Waals surface area contributed by atoms with Crippen LogP contribution in [0, 0.1) is 5.92 Å². The van der Waals surface area contributed by atoms with Crippen molar-refractivity contribution in [1.82, 2.24) is 5.32 Å². The first-order valence-corrected chi connectivity index (χ1v) is 12.0. The second-order valence-electron chi connectivity index (χ2n) is 9.03. The Hall–Kier alpha value is -1.18. The molecule has 6 atom stereocenters. The van der Waals surface area contributed by atoms with Gasteiger partial charge in [-0.05, 0) is 25.3 Å². The lowest BCUT2D eigenvalue weighted by atomic mass is 9.65. The molecular formula is C24H35Cl2NO5. The summed E-state index contributed by atoms with van der Waals surface area (Å²) in [5, 5.41) is 24.3. The number of nitrogens with one attached hydrogen (secondary N) is 1. The van der Waals surface area contributed by atoms with E-state index in [-0.39, 0.29) is 11.5 Å². The van der Waals surface area contributed by atoms with Crippen molar-refractivity contribution in [2.45, 2.75) is 88.0 Å². The predicted octanol–water partition coefficient (Wildman–Crippen LogP) is 3.77. The highest BCUT2D eigenvalue weighted by atomic mass is 35.5. The summed E-state index contributed by atoms with van der Waals surface area (Å²) in [6, 6.07) is -0.965. The van der Waals surface area contributed by atoms with Crippen molar-refractivity contribution in [2.75, 3.05) is 7.11 Å². The van der Waals surface area contributed by atoms with Crippen LogP contribution in [-0.4, -0.2) is 57.7 Å². The standard InChI is InChI=1S/C24H35Cl2NO5/c1-5-6-7-8-9-15(2)12-16(3)10-11-19(28)27-18-14-23(31)13-17(25)20(29)24(26,21(18)30)22(23)32-4/h10-13,15,18,21-22,30-31H,5-9,14H2,1-4H3,(H,27,28)/b11-10+,16-12+/t15-,18+,21+,22+,23+,24+/m1/s1. The number of halogens is 2. The number of hydrogen-bond donors (Lipinski definition) is 3. The molecule has 180 valence electrons. The number of rotatable bonds is 10. The van der Waals surface area contributed by atoms with E-state index in [0.29, 0.717) is 5.92 Å². The van der Waals surface area contributed by atoms with E-state index in [4.69, 9.17) is 27.9 Å². The third-order valence-electron chi connectivity index (χ3n) is 6.26. The zero-order valence-electron chi connectivity index (χ0n) is 19.2. The maximum Gasteiger partial charge on any atom is 0.244 e. The summed E-state index contributed by atoms with van der Waals surface area (Å²) in [7, 11) is 1.29. The van der Waals surface area contributed by atoms with Crippen molar-refractivity contribution in [3.63, 3.8) is 0 Å². The maximum atomic E-state index is 12.6. The number of carbonyl (C=O) groups is 2. The summed E-state index contributed by atoms with van der Waals surface area (Å²) in [6.45, 7) is 6.27. The van der Waals surface area contributed by atoms with Gasteiger partial charge in [0.05, 0.1) is 11.1 Å². The van der Waals surface area contributed by atoms with Crippen molar-refractivity contribution in [3.8, 4) is 0 Å². The van der Waals surface area contributed by atoms with Crippen LogP contribution in [0.4, 0.5) is 0 Å². The molecule has 2 rings (SSSR count). The minimum Gasteiger partial charge on any atom is -0.389 e. The predicted molar refractivity (Wildman–Crippen MR) is 127 cm³/mol. The number of fused-ring (bicyclic) bond motifs is 2. The number of alkyl halides is 1. The number of unbranched alkanes of at least 4 members (excludes halogenated alkanes) is 3. The molecule has 3 N–H and O–H groups in total. The van der Waals surface area contributed by atoms with Crippen LogP contribution in [0.25, 0.3) is 0 Å². The van der Waals surface area contributed by atoms with Crippen LogP contribution in [0.15, 0.2) is 34.9 Å². The van der Waals surface area contributed by atoms with Gasteiger partial charge >= 0.3 is 0 Å². The molecule has 0 aliphatic heterocycles. The van der Waals surface area contributed by atoms with Crippen LogP contribution in [0.3, 0.4) is 0 Å². The minimum absolute atomic E-state index is 0.103. The first-order chi connectivity index (χ1) is 15.0. The Kier molecular flexibility index (Phi) is 9.56. The largest absolute Gasteiger partial charge is 0.389 e. The first-order valence-electron chi connectivity index (χ1n) is 11.2.